The summed E-state index contributed by atoms with van der Waals surface area (Å²) in [4.78, 5) is 37.2. The number of amides is 1. The normalized spacial score (nSPS) is 20.7. The Balaban J connectivity index is 1.85. The van der Waals surface area contributed by atoms with Crippen LogP contribution in [0.3, 0.4) is 0 Å². The van der Waals surface area contributed by atoms with Crippen LogP contribution in [0.25, 0.3) is 0 Å². The second kappa shape index (κ2) is 9.13. The molecule has 0 bridgehead atoms. The van der Waals surface area contributed by atoms with Gasteiger partial charge in [-0.2, -0.15) is 0 Å². The van der Waals surface area contributed by atoms with Crippen LogP contribution in [0.1, 0.15) is 57.9 Å². The summed E-state index contributed by atoms with van der Waals surface area (Å²) in [5.74, 6) is 0.340. The predicted molar refractivity (Wildman–Crippen MR) is 100 cm³/mol. The lowest BCUT2D eigenvalue weighted by atomic mass is 9.81. The number of anilines is 1. The topological polar surface area (TPSA) is 92.5 Å². The minimum absolute atomic E-state index is 0.0214. The zero-order chi connectivity index (χ0) is 18.4. The molecular formula is C19H31N3O3. The third-order valence-electron chi connectivity index (χ3n) is 5.44. The summed E-state index contributed by atoms with van der Waals surface area (Å²) in [5.41, 5.74) is 5.94. The highest BCUT2D eigenvalue weighted by atomic mass is 16.2. The molecule has 25 heavy (non-hydrogen) atoms. The SMILES string of the molecule is CCCCN(CC)c1c(CNCC2CCC(C(N)=O)CC2)c(=O)c1=O. The fourth-order valence-electron chi connectivity index (χ4n) is 3.75. The number of hydrogen-bond acceptors (Lipinski definition) is 5. The molecule has 1 aliphatic carbocycles. The average molecular weight is 349 g/mol. The van der Waals surface area contributed by atoms with Crippen molar-refractivity contribution in [2.24, 2.45) is 17.6 Å². The molecule has 6 nitrogen and oxygen atoms in total. The maximum absolute atomic E-state index is 12.0. The molecule has 1 aromatic carbocycles. The zero-order valence-electron chi connectivity index (χ0n) is 15.5. The van der Waals surface area contributed by atoms with Crippen LogP contribution in [0.2, 0.25) is 0 Å². The summed E-state index contributed by atoms with van der Waals surface area (Å²) >= 11 is 0. The van der Waals surface area contributed by atoms with Gasteiger partial charge in [-0.15, -0.1) is 0 Å². The third-order valence-corrected chi connectivity index (χ3v) is 5.44. The highest BCUT2D eigenvalue weighted by molar-refractivity contribution is 5.76. The van der Waals surface area contributed by atoms with E-state index in [1.165, 1.54) is 0 Å². The molecule has 0 aromatic heterocycles. The minimum atomic E-state index is -0.338. The van der Waals surface area contributed by atoms with E-state index in [-0.39, 0.29) is 22.7 Å². The lowest BCUT2D eigenvalue weighted by molar-refractivity contribution is -0.122. The van der Waals surface area contributed by atoms with E-state index in [9.17, 15) is 14.4 Å². The Bertz CT molecular complexity index is 641. The molecule has 1 amide bonds. The largest absolute Gasteiger partial charge is 0.369 e. The Labute approximate surface area is 149 Å². The molecule has 0 radical (unpaired) electrons. The van der Waals surface area contributed by atoms with Crippen molar-refractivity contribution in [1.29, 1.82) is 0 Å². The molecule has 0 saturated heterocycles. The van der Waals surface area contributed by atoms with Gasteiger partial charge >= 0.3 is 0 Å². The summed E-state index contributed by atoms with van der Waals surface area (Å²) < 4.78 is 0. The quantitative estimate of drug-likeness (QED) is 0.621. The lowest BCUT2D eigenvalue weighted by Crippen LogP contribution is -2.45. The molecule has 0 heterocycles. The number of nitrogens with two attached hydrogens (primary N) is 1. The van der Waals surface area contributed by atoms with Crippen molar-refractivity contribution >= 4 is 11.6 Å². The van der Waals surface area contributed by atoms with Crippen molar-refractivity contribution in [2.75, 3.05) is 24.5 Å². The molecule has 1 aliphatic rings. The first-order valence-corrected chi connectivity index (χ1v) is 9.56. The van der Waals surface area contributed by atoms with Gasteiger partial charge in [0.05, 0.1) is 5.69 Å². The number of primary amides is 1. The molecule has 0 spiro atoms. The predicted octanol–water partition coefficient (Wildman–Crippen LogP) is 1.29. The van der Waals surface area contributed by atoms with Crippen LogP contribution >= 0.6 is 0 Å². The van der Waals surface area contributed by atoms with Gasteiger partial charge in [-0.25, -0.2) is 0 Å². The smallest absolute Gasteiger partial charge is 0.249 e. The van der Waals surface area contributed by atoms with Gasteiger partial charge in [-0.05, 0) is 51.5 Å². The van der Waals surface area contributed by atoms with Gasteiger partial charge in [0.2, 0.25) is 16.8 Å². The summed E-state index contributed by atoms with van der Waals surface area (Å²) in [6.45, 7) is 6.96. The summed E-state index contributed by atoms with van der Waals surface area (Å²) in [6.07, 6.45) is 5.76. The molecule has 140 valence electrons. The van der Waals surface area contributed by atoms with E-state index in [1.54, 1.807) is 0 Å². The first kappa shape index (κ1) is 19.6. The second-order valence-corrected chi connectivity index (χ2v) is 7.17. The fourth-order valence-corrected chi connectivity index (χ4v) is 3.75. The minimum Gasteiger partial charge on any atom is -0.369 e. The highest BCUT2D eigenvalue weighted by Gasteiger charge is 2.26. The molecule has 0 aliphatic heterocycles. The first-order chi connectivity index (χ1) is 12.0. The monoisotopic (exact) mass is 349 g/mol. The van der Waals surface area contributed by atoms with Gasteiger partial charge in [0.15, 0.2) is 0 Å². The molecule has 0 unspecified atom stereocenters. The number of unbranched alkanes of at least 4 members (excludes halogenated alkanes) is 1. The zero-order valence-corrected chi connectivity index (χ0v) is 15.5. The Morgan fingerprint density at radius 1 is 1.16 bits per heavy atom. The van der Waals surface area contributed by atoms with Crippen LogP contribution in [0.15, 0.2) is 9.59 Å². The molecule has 1 fully saturated rings. The van der Waals surface area contributed by atoms with Gasteiger partial charge in [-0.1, -0.05) is 13.3 Å². The van der Waals surface area contributed by atoms with E-state index >= 15 is 0 Å². The molecule has 0 atom stereocenters. The molecule has 3 N–H and O–H groups in total. The maximum Gasteiger partial charge on any atom is 0.249 e. The van der Waals surface area contributed by atoms with Gasteiger partial charge < -0.3 is 16.0 Å². The fraction of sp³-hybridized carbons (Fsp3) is 0.737. The third kappa shape index (κ3) is 4.69. The summed E-state index contributed by atoms with van der Waals surface area (Å²) in [7, 11) is 0. The number of carbonyl (C=O) groups is 1. The van der Waals surface area contributed by atoms with Crippen molar-refractivity contribution < 1.29 is 4.79 Å². The number of carbonyl (C=O) groups excluding carboxylic acids is 1. The van der Waals surface area contributed by atoms with Gasteiger partial charge in [0.25, 0.3) is 0 Å². The Kier molecular flexibility index (Phi) is 7.17. The number of nitrogens with zero attached hydrogens (tertiary/aromatic N) is 1. The van der Waals surface area contributed by atoms with E-state index in [0.29, 0.717) is 23.7 Å². The van der Waals surface area contributed by atoms with Crippen LogP contribution in [0.5, 0.6) is 0 Å². The lowest BCUT2D eigenvalue weighted by Gasteiger charge is -2.28. The van der Waals surface area contributed by atoms with Crippen molar-refractivity contribution in [3.63, 3.8) is 0 Å². The molecule has 2 rings (SSSR count). The van der Waals surface area contributed by atoms with Crippen LogP contribution < -0.4 is 26.8 Å². The second-order valence-electron chi connectivity index (χ2n) is 7.17. The van der Waals surface area contributed by atoms with Gasteiger partial charge in [0.1, 0.15) is 0 Å². The standard InChI is InChI=1S/C19H31N3O3/c1-3-5-10-22(4-2)16-15(17(23)18(16)24)12-21-11-13-6-8-14(9-7-13)19(20)25/h13-14,21H,3-12H2,1-2H3,(H2,20,25). The molecule has 1 saturated carbocycles. The average Bonchev–Trinajstić information content (AvgIpc) is 2.63. The maximum atomic E-state index is 12.0. The van der Waals surface area contributed by atoms with Crippen molar-refractivity contribution in [2.45, 2.75) is 58.9 Å². The van der Waals surface area contributed by atoms with E-state index in [1.807, 2.05) is 11.8 Å². The van der Waals surface area contributed by atoms with Gasteiger partial charge in [-0.3, -0.25) is 14.4 Å². The highest BCUT2D eigenvalue weighted by Crippen LogP contribution is 2.28. The van der Waals surface area contributed by atoms with Crippen molar-refractivity contribution in [3.8, 4) is 0 Å². The number of hydrogen-bond donors (Lipinski definition) is 2. The van der Waals surface area contributed by atoms with Crippen molar-refractivity contribution in [1.82, 2.24) is 5.32 Å². The Morgan fingerprint density at radius 3 is 2.40 bits per heavy atom. The summed E-state index contributed by atoms with van der Waals surface area (Å²) in [5, 5.41) is 3.34. The molecule has 1 aromatic rings. The van der Waals surface area contributed by atoms with E-state index in [0.717, 1.165) is 58.2 Å². The number of nitrogens with one attached hydrogen (secondary N) is 1. The van der Waals surface area contributed by atoms with E-state index in [4.69, 9.17) is 5.73 Å². The Morgan fingerprint density at radius 2 is 1.84 bits per heavy atom. The van der Waals surface area contributed by atoms with Crippen LogP contribution in [0.4, 0.5) is 5.69 Å². The summed E-state index contributed by atoms with van der Waals surface area (Å²) in [6, 6.07) is 0. The number of rotatable bonds is 10. The van der Waals surface area contributed by atoms with Gasteiger partial charge in [0, 0.05) is 31.1 Å². The van der Waals surface area contributed by atoms with Crippen molar-refractivity contribution in [3.05, 3.63) is 26.0 Å². The van der Waals surface area contributed by atoms with Crippen LogP contribution in [-0.2, 0) is 11.3 Å². The Hall–Kier alpha value is -1.69. The van der Waals surface area contributed by atoms with Crippen LogP contribution in [-0.4, -0.2) is 25.5 Å². The van der Waals surface area contributed by atoms with Crippen LogP contribution in [0, 0.1) is 11.8 Å². The van der Waals surface area contributed by atoms with E-state index in [2.05, 4.69) is 12.2 Å². The molecule has 6 heteroatoms. The van der Waals surface area contributed by atoms with E-state index < -0.39 is 0 Å². The first-order valence-electron chi connectivity index (χ1n) is 9.56. The molecular weight excluding hydrogens is 318 g/mol.